The monoisotopic (exact) mass is 874 g/mol. The molecule has 366 valence electrons. The summed E-state index contributed by atoms with van der Waals surface area (Å²) in [5.41, 5.74) is 0. The third-order valence-electron chi connectivity index (χ3n) is 12.8. The van der Waals surface area contributed by atoms with E-state index in [1.165, 1.54) is 193 Å². The summed E-state index contributed by atoms with van der Waals surface area (Å²) in [4.78, 5) is 24.5. The number of hydrogen-bond acceptors (Lipinski definition) is 5. The van der Waals surface area contributed by atoms with Crippen LogP contribution in [0.4, 0.5) is 0 Å². The van der Waals surface area contributed by atoms with Gasteiger partial charge >= 0.3 is 5.97 Å². The van der Waals surface area contributed by atoms with Gasteiger partial charge in [0.15, 0.2) is 0 Å². The van der Waals surface area contributed by atoms with Crippen molar-refractivity contribution in [3.8, 4) is 0 Å². The number of carbonyl (C=O) groups excluding carboxylic acids is 2. The Labute approximate surface area is 386 Å². The molecule has 2 atom stereocenters. The van der Waals surface area contributed by atoms with E-state index < -0.39 is 12.1 Å². The number of hydrogen-bond donors (Lipinski definition) is 3. The van der Waals surface area contributed by atoms with E-state index in [2.05, 4.69) is 43.5 Å². The summed E-state index contributed by atoms with van der Waals surface area (Å²) in [7, 11) is 0. The molecule has 6 heteroatoms. The Morgan fingerprint density at radius 1 is 0.452 bits per heavy atom. The fraction of sp³-hybridized carbons (Fsp3) is 0.893. The fourth-order valence-corrected chi connectivity index (χ4v) is 8.48. The second kappa shape index (κ2) is 52.0. The maximum Gasteiger partial charge on any atom is 0.305 e. The van der Waals surface area contributed by atoms with Crippen LogP contribution in [0.2, 0.25) is 0 Å². The summed E-state index contributed by atoms with van der Waals surface area (Å²) in [6, 6.07) is -0.563. The van der Waals surface area contributed by atoms with Crippen molar-refractivity contribution in [3.63, 3.8) is 0 Å². The number of esters is 1. The molecule has 0 fully saturated rings. The van der Waals surface area contributed by atoms with Crippen molar-refractivity contribution in [2.45, 2.75) is 309 Å². The Kier molecular flexibility index (Phi) is 50.6. The van der Waals surface area contributed by atoms with E-state index in [1.54, 1.807) is 0 Å². The van der Waals surface area contributed by atoms with Gasteiger partial charge in [0.2, 0.25) is 5.91 Å². The van der Waals surface area contributed by atoms with Crippen LogP contribution in [0.5, 0.6) is 0 Å². The van der Waals surface area contributed by atoms with Crippen LogP contribution in [-0.2, 0) is 14.3 Å². The minimum absolute atomic E-state index is 0.0388. The van der Waals surface area contributed by atoms with Crippen molar-refractivity contribution < 1.29 is 24.5 Å². The largest absolute Gasteiger partial charge is 0.466 e. The Balaban J connectivity index is 3.49. The molecule has 0 saturated carbocycles. The van der Waals surface area contributed by atoms with Crippen molar-refractivity contribution in [1.82, 2.24) is 5.32 Å². The molecular formula is C56H107NO5. The van der Waals surface area contributed by atoms with E-state index in [9.17, 15) is 19.8 Å². The van der Waals surface area contributed by atoms with E-state index in [4.69, 9.17) is 4.74 Å². The van der Waals surface area contributed by atoms with Crippen molar-refractivity contribution in [2.24, 2.45) is 0 Å². The number of aliphatic hydroxyl groups excluding tert-OH is 2. The normalized spacial score (nSPS) is 12.8. The SMILES string of the molecule is CCCC/C=C\C/C=C\CCCCCCCC(=O)OCCCCCCCCCCCC(=O)NC(CO)C(O)CCCCCCCCCCCCCCCCCCCCCCCC. The lowest BCUT2D eigenvalue weighted by molar-refractivity contribution is -0.143. The predicted octanol–water partition coefficient (Wildman–Crippen LogP) is 16.7. The van der Waals surface area contributed by atoms with Crippen LogP contribution in [0.1, 0.15) is 296 Å². The molecule has 2 unspecified atom stereocenters. The highest BCUT2D eigenvalue weighted by atomic mass is 16.5. The van der Waals surface area contributed by atoms with Crippen LogP contribution in [0.25, 0.3) is 0 Å². The van der Waals surface area contributed by atoms with Gasteiger partial charge in [-0.15, -0.1) is 0 Å². The molecule has 3 N–H and O–H groups in total. The van der Waals surface area contributed by atoms with Crippen LogP contribution in [-0.4, -0.2) is 47.4 Å². The highest BCUT2D eigenvalue weighted by molar-refractivity contribution is 5.76. The van der Waals surface area contributed by atoms with Gasteiger partial charge in [-0.2, -0.15) is 0 Å². The first-order valence-corrected chi connectivity index (χ1v) is 27.6. The lowest BCUT2D eigenvalue weighted by atomic mass is 10.0. The molecule has 0 aliphatic carbocycles. The highest BCUT2D eigenvalue weighted by Gasteiger charge is 2.20. The molecule has 0 radical (unpaired) electrons. The third kappa shape index (κ3) is 47.8. The van der Waals surface area contributed by atoms with E-state index in [-0.39, 0.29) is 18.5 Å². The van der Waals surface area contributed by atoms with Gasteiger partial charge in [0.05, 0.1) is 25.4 Å². The van der Waals surface area contributed by atoms with Gasteiger partial charge in [0.1, 0.15) is 0 Å². The van der Waals surface area contributed by atoms with E-state index in [0.29, 0.717) is 25.9 Å². The quantitative estimate of drug-likeness (QED) is 0.0321. The van der Waals surface area contributed by atoms with Gasteiger partial charge < -0.3 is 20.3 Å². The number of carbonyl (C=O) groups is 2. The predicted molar refractivity (Wildman–Crippen MR) is 269 cm³/mol. The zero-order chi connectivity index (χ0) is 45.1. The van der Waals surface area contributed by atoms with Crippen molar-refractivity contribution in [1.29, 1.82) is 0 Å². The summed E-state index contributed by atoms with van der Waals surface area (Å²) < 4.78 is 5.44. The first-order chi connectivity index (χ1) is 30.5. The molecule has 6 nitrogen and oxygen atoms in total. The molecule has 1 amide bonds. The third-order valence-corrected chi connectivity index (χ3v) is 12.8. The Morgan fingerprint density at radius 2 is 0.823 bits per heavy atom. The smallest absolute Gasteiger partial charge is 0.305 e. The van der Waals surface area contributed by atoms with E-state index in [0.717, 1.165) is 70.6 Å². The van der Waals surface area contributed by atoms with E-state index >= 15 is 0 Å². The number of unbranched alkanes of at least 4 members (excludes halogenated alkanes) is 36. The molecule has 0 saturated heterocycles. The number of nitrogens with one attached hydrogen (secondary N) is 1. The highest BCUT2D eigenvalue weighted by Crippen LogP contribution is 2.17. The average molecular weight is 874 g/mol. The summed E-state index contributed by atoms with van der Waals surface area (Å²) in [5, 5.41) is 23.3. The average Bonchev–Trinajstić information content (AvgIpc) is 3.27. The minimum atomic E-state index is -0.683. The summed E-state index contributed by atoms with van der Waals surface area (Å²) in [6.45, 7) is 4.86. The molecule has 0 rings (SSSR count). The fourth-order valence-electron chi connectivity index (χ4n) is 8.48. The lowest BCUT2D eigenvalue weighted by Gasteiger charge is -2.22. The van der Waals surface area contributed by atoms with Gasteiger partial charge in [-0.05, 0) is 51.4 Å². The van der Waals surface area contributed by atoms with Gasteiger partial charge in [0.25, 0.3) is 0 Å². The van der Waals surface area contributed by atoms with Crippen LogP contribution in [0.15, 0.2) is 24.3 Å². The molecule has 0 aliphatic rings. The summed E-state index contributed by atoms with van der Waals surface area (Å²) in [5.74, 6) is -0.100. The maximum absolute atomic E-state index is 12.5. The van der Waals surface area contributed by atoms with Gasteiger partial charge in [0, 0.05) is 12.8 Å². The standard InChI is InChI=1S/C56H107NO5/c1-3-5-7-9-11-13-15-17-19-20-21-22-23-24-25-26-27-29-32-36-40-44-48-54(59)53(52-58)57-55(60)49-45-41-37-33-31-35-39-43-47-51-62-56(61)50-46-42-38-34-30-28-18-16-14-12-10-8-6-4-2/h10,12,16,18,53-54,58-59H,3-9,11,13-15,17,19-52H2,1-2H3,(H,57,60)/b12-10-,18-16-. The second-order valence-corrected chi connectivity index (χ2v) is 18.9. The van der Waals surface area contributed by atoms with Gasteiger partial charge in [-0.25, -0.2) is 0 Å². The Bertz CT molecular complexity index is 966. The molecular weight excluding hydrogens is 767 g/mol. The topological polar surface area (TPSA) is 95.9 Å². The van der Waals surface area contributed by atoms with Crippen molar-refractivity contribution in [2.75, 3.05) is 13.2 Å². The molecule has 0 aromatic rings. The van der Waals surface area contributed by atoms with Crippen molar-refractivity contribution in [3.05, 3.63) is 24.3 Å². The van der Waals surface area contributed by atoms with Crippen molar-refractivity contribution >= 4 is 11.9 Å². The summed E-state index contributed by atoms with van der Waals surface area (Å²) in [6.07, 6.45) is 61.6. The first kappa shape index (κ1) is 60.3. The van der Waals surface area contributed by atoms with Crippen LogP contribution in [0, 0.1) is 0 Å². The molecule has 0 aromatic carbocycles. The molecule has 0 aliphatic heterocycles. The van der Waals surface area contributed by atoms with E-state index in [1.807, 2.05) is 0 Å². The number of rotatable bonds is 51. The number of aliphatic hydroxyl groups is 2. The van der Waals surface area contributed by atoms with Gasteiger partial charge in [-0.3, -0.25) is 9.59 Å². The van der Waals surface area contributed by atoms with Gasteiger partial charge in [-0.1, -0.05) is 256 Å². The maximum atomic E-state index is 12.5. The van der Waals surface area contributed by atoms with Crippen LogP contribution >= 0.6 is 0 Å². The number of ether oxygens (including phenoxy) is 1. The molecule has 0 bridgehead atoms. The second-order valence-electron chi connectivity index (χ2n) is 18.9. The number of amides is 1. The molecule has 0 aromatic heterocycles. The zero-order valence-electron chi connectivity index (χ0n) is 41.6. The van der Waals surface area contributed by atoms with Crippen LogP contribution in [0.3, 0.4) is 0 Å². The zero-order valence-corrected chi connectivity index (χ0v) is 41.6. The molecule has 62 heavy (non-hydrogen) atoms. The Hall–Kier alpha value is -1.66. The first-order valence-electron chi connectivity index (χ1n) is 27.6. The molecule has 0 spiro atoms. The van der Waals surface area contributed by atoms with Crippen LogP contribution < -0.4 is 5.32 Å². The molecule has 0 heterocycles. The lowest BCUT2D eigenvalue weighted by Crippen LogP contribution is -2.45. The minimum Gasteiger partial charge on any atom is -0.466 e. The summed E-state index contributed by atoms with van der Waals surface area (Å²) >= 11 is 0. The number of allylic oxidation sites excluding steroid dienone is 4. The Morgan fingerprint density at radius 3 is 1.27 bits per heavy atom.